The van der Waals surface area contributed by atoms with Gasteiger partial charge in [-0.25, -0.2) is 4.79 Å². The summed E-state index contributed by atoms with van der Waals surface area (Å²) in [5.41, 5.74) is 2.97. The first-order chi connectivity index (χ1) is 16.2. The van der Waals surface area contributed by atoms with Crippen LogP contribution in [0.4, 0.5) is 0 Å². The quantitative estimate of drug-likeness (QED) is 0.445. The summed E-state index contributed by atoms with van der Waals surface area (Å²) >= 11 is 0. The van der Waals surface area contributed by atoms with Gasteiger partial charge in [0.1, 0.15) is 11.7 Å². The van der Waals surface area contributed by atoms with Gasteiger partial charge in [0.25, 0.3) is 0 Å². The molecule has 3 rings (SSSR count). The van der Waals surface area contributed by atoms with Gasteiger partial charge in [-0.15, -0.1) is 0 Å². The second-order valence-electron chi connectivity index (χ2n) is 9.08. The number of hydrogen-bond donors (Lipinski definition) is 1. The molecular formula is C27H35NO6. The van der Waals surface area contributed by atoms with E-state index in [1.807, 2.05) is 58.9 Å². The second-order valence-corrected chi connectivity index (χ2v) is 9.08. The molecule has 1 aromatic carbocycles. The van der Waals surface area contributed by atoms with Gasteiger partial charge in [-0.3, -0.25) is 9.59 Å². The molecule has 0 radical (unpaired) electrons. The lowest BCUT2D eigenvalue weighted by Gasteiger charge is -2.38. The third-order valence-corrected chi connectivity index (χ3v) is 6.53. The summed E-state index contributed by atoms with van der Waals surface area (Å²) in [4.78, 5) is 39.5. The molecule has 0 spiro atoms. The van der Waals surface area contributed by atoms with E-state index in [2.05, 4.69) is 5.32 Å². The van der Waals surface area contributed by atoms with Crippen LogP contribution < -0.4 is 10.1 Å². The highest BCUT2D eigenvalue weighted by molar-refractivity contribution is 6.12. The molecule has 1 N–H and O–H groups in total. The first kappa shape index (κ1) is 25.5. The van der Waals surface area contributed by atoms with E-state index in [1.165, 1.54) is 7.11 Å². The normalized spacial score (nSPS) is 23.1. The number of allylic oxidation sites excluding steroid dienone is 3. The molecule has 2 aliphatic rings. The van der Waals surface area contributed by atoms with Crippen LogP contribution in [0.1, 0.15) is 65.4 Å². The fraction of sp³-hybridized carbons (Fsp3) is 0.519. The Balaban J connectivity index is 2.11. The SMILES string of the molecule is CCCOc1ccc([C@@H]2C(C(=O)O[C@H](C)CC)=C(C)NC3=C2C(=O)[C@@H](C(=O)OC)[C@@H](C)C3)cc1. The molecule has 1 aromatic rings. The number of esters is 2. The molecule has 7 nitrogen and oxygen atoms in total. The number of rotatable bonds is 8. The molecule has 7 heteroatoms. The smallest absolute Gasteiger partial charge is 0.337 e. The number of methoxy groups -OCH3 is 1. The van der Waals surface area contributed by atoms with Gasteiger partial charge in [0, 0.05) is 22.9 Å². The van der Waals surface area contributed by atoms with E-state index in [0.717, 1.165) is 17.7 Å². The number of ketones is 1. The first-order valence-electron chi connectivity index (χ1n) is 12.0. The summed E-state index contributed by atoms with van der Waals surface area (Å²) in [5.74, 6) is -2.41. The average Bonchev–Trinajstić information content (AvgIpc) is 2.81. The zero-order valence-electron chi connectivity index (χ0n) is 20.9. The minimum absolute atomic E-state index is 0.224. The molecule has 184 valence electrons. The van der Waals surface area contributed by atoms with Crippen molar-refractivity contribution in [1.29, 1.82) is 0 Å². The van der Waals surface area contributed by atoms with E-state index in [9.17, 15) is 14.4 Å². The standard InChI is InChI=1S/C27H35NO6/c1-7-13-33-19-11-9-18(10-12-19)23-22(27(31)34-16(4)8-2)17(5)28-20-14-15(3)21(26(30)32-6)25(29)24(20)23/h9-12,15-16,21,23,28H,7-8,13-14H2,1-6H3/t15-,16+,21-,23+/m0/s1. The van der Waals surface area contributed by atoms with Crippen LogP contribution in [-0.2, 0) is 23.9 Å². The lowest BCUT2D eigenvalue weighted by atomic mass is 9.69. The molecule has 0 saturated heterocycles. The highest BCUT2D eigenvalue weighted by Crippen LogP contribution is 2.45. The Morgan fingerprint density at radius 2 is 1.85 bits per heavy atom. The molecule has 0 saturated carbocycles. The Bertz CT molecular complexity index is 1010. The molecule has 1 heterocycles. The van der Waals surface area contributed by atoms with Gasteiger partial charge in [0.05, 0.1) is 25.4 Å². The number of carbonyl (C=O) groups is 3. The van der Waals surface area contributed by atoms with Gasteiger partial charge in [0.2, 0.25) is 0 Å². The number of hydrogen-bond acceptors (Lipinski definition) is 7. The van der Waals surface area contributed by atoms with Crippen LogP contribution in [0.15, 0.2) is 46.8 Å². The van der Waals surface area contributed by atoms with Crippen molar-refractivity contribution in [1.82, 2.24) is 5.32 Å². The van der Waals surface area contributed by atoms with E-state index in [1.54, 1.807) is 0 Å². The zero-order chi connectivity index (χ0) is 25.0. The summed E-state index contributed by atoms with van der Waals surface area (Å²) in [7, 11) is 1.29. The molecule has 1 aliphatic carbocycles. The van der Waals surface area contributed by atoms with E-state index in [0.29, 0.717) is 42.0 Å². The average molecular weight is 470 g/mol. The van der Waals surface area contributed by atoms with Gasteiger partial charge in [-0.2, -0.15) is 0 Å². The Hall–Kier alpha value is -3.09. The number of Topliss-reactive ketones (excluding diaryl/α,β-unsaturated/α-hetero) is 1. The van der Waals surface area contributed by atoms with Gasteiger partial charge in [-0.1, -0.05) is 32.9 Å². The van der Waals surface area contributed by atoms with E-state index < -0.39 is 23.8 Å². The highest BCUT2D eigenvalue weighted by Gasteiger charge is 2.47. The number of benzene rings is 1. The van der Waals surface area contributed by atoms with Gasteiger partial charge >= 0.3 is 11.9 Å². The van der Waals surface area contributed by atoms with E-state index >= 15 is 0 Å². The number of ether oxygens (including phenoxy) is 3. The third-order valence-electron chi connectivity index (χ3n) is 6.53. The maximum Gasteiger partial charge on any atom is 0.337 e. The Morgan fingerprint density at radius 3 is 2.44 bits per heavy atom. The van der Waals surface area contributed by atoms with Gasteiger partial charge in [0.15, 0.2) is 5.78 Å². The van der Waals surface area contributed by atoms with Crippen LogP contribution in [-0.4, -0.2) is 37.5 Å². The summed E-state index contributed by atoms with van der Waals surface area (Å²) < 4.78 is 16.3. The largest absolute Gasteiger partial charge is 0.494 e. The zero-order valence-corrected chi connectivity index (χ0v) is 20.9. The Labute approximate surface area is 201 Å². The Kier molecular flexibility index (Phi) is 8.18. The van der Waals surface area contributed by atoms with Crippen molar-refractivity contribution >= 4 is 17.7 Å². The van der Waals surface area contributed by atoms with Crippen LogP contribution in [0.3, 0.4) is 0 Å². The van der Waals surface area contributed by atoms with Crippen LogP contribution in [0, 0.1) is 11.8 Å². The fourth-order valence-corrected chi connectivity index (χ4v) is 4.59. The predicted octanol–water partition coefficient (Wildman–Crippen LogP) is 4.43. The van der Waals surface area contributed by atoms with Crippen LogP contribution in [0.2, 0.25) is 0 Å². The Morgan fingerprint density at radius 1 is 1.18 bits per heavy atom. The van der Waals surface area contributed by atoms with E-state index in [-0.39, 0.29) is 17.8 Å². The number of nitrogens with one attached hydrogen (secondary N) is 1. The van der Waals surface area contributed by atoms with Crippen molar-refractivity contribution < 1.29 is 28.6 Å². The van der Waals surface area contributed by atoms with Crippen LogP contribution in [0.25, 0.3) is 0 Å². The van der Waals surface area contributed by atoms with Crippen molar-refractivity contribution in [3.8, 4) is 5.75 Å². The monoisotopic (exact) mass is 469 g/mol. The van der Waals surface area contributed by atoms with Crippen molar-refractivity contribution in [2.45, 2.75) is 65.9 Å². The molecule has 34 heavy (non-hydrogen) atoms. The van der Waals surface area contributed by atoms with Crippen LogP contribution >= 0.6 is 0 Å². The number of carbonyl (C=O) groups excluding carboxylic acids is 3. The second kappa shape index (κ2) is 10.9. The summed E-state index contributed by atoms with van der Waals surface area (Å²) in [5, 5.41) is 3.28. The lowest BCUT2D eigenvalue weighted by Crippen LogP contribution is -2.43. The molecular weight excluding hydrogens is 434 g/mol. The summed E-state index contributed by atoms with van der Waals surface area (Å²) in [6.07, 6.45) is 1.80. The molecule has 0 fully saturated rings. The third kappa shape index (κ3) is 5.03. The molecule has 4 atom stereocenters. The lowest BCUT2D eigenvalue weighted by molar-refractivity contribution is -0.151. The first-order valence-corrected chi connectivity index (χ1v) is 12.0. The summed E-state index contributed by atoms with van der Waals surface area (Å²) in [6.45, 7) is 10.1. The van der Waals surface area contributed by atoms with E-state index in [4.69, 9.17) is 14.2 Å². The minimum atomic E-state index is -0.912. The summed E-state index contributed by atoms with van der Waals surface area (Å²) in [6, 6.07) is 7.42. The molecule has 0 aromatic heterocycles. The molecule has 1 aliphatic heterocycles. The van der Waals surface area contributed by atoms with Crippen molar-refractivity contribution in [2.24, 2.45) is 11.8 Å². The predicted molar refractivity (Wildman–Crippen MR) is 128 cm³/mol. The molecule has 0 amide bonds. The molecule has 0 bridgehead atoms. The topological polar surface area (TPSA) is 90.9 Å². The molecule has 0 unspecified atom stereocenters. The van der Waals surface area contributed by atoms with Crippen LogP contribution in [0.5, 0.6) is 5.75 Å². The maximum atomic E-state index is 13.7. The highest BCUT2D eigenvalue weighted by atomic mass is 16.5. The van der Waals surface area contributed by atoms with Gasteiger partial charge < -0.3 is 19.5 Å². The maximum absolute atomic E-state index is 13.7. The minimum Gasteiger partial charge on any atom is -0.494 e. The fourth-order valence-electron chi connectivity index (χ4n) is 4.59. The van der Waals surface area contributed by atoms with Gasteiger partial charge in [-0.05, 0) is 56.7 Å². The van der Waals surface area contributed by atoms with Crippen molar-refractivity contribution in [2.75, 3.05) is 13.7 Å². The van der Waals surface area contributed by atoms with Crippen molar-refractivity contribution in [3.05, 3.63) is 52.4 Å². The number of dihydropyridines is 1. The van der Waals surface area contributed by atoms with Crippen molar-refractivity contribution in [3.63, 3.8) is 0 Å².